The number of benzene rings is 1. The van der Waals surface area contributed by atoms with E-state index in [4.69, 9.17) is 0 Å². The van der Waals surface area contributed by atoms with Crippen molar-refractivity contribution in [1.29, 1.82) is 0 Å². The smallest absolute Gasteiger partial charge is 0.133 e. The lowest BCUT2D eigenvalue weighted by atomic mass is 9.75. The van der Waals surface area contributed by atoms with Gasteiger partial charge in [-0.25, -0.2) is 0 Å². The van der Waals surface area contributed by atoms with Crippen LogP contribution in [0.2, 0.25) is 0 Å². The van der Waals surface area contributed by atoms with Gasteiger partial charge >= 0.3 is 0 Å². The molecule has 1 aromatic rings. The van der Waals surface area contributed by atoms with Crippen LogP contribution in [0.5, 0.6) is 0 Å². The molecule has 82 valence electrons. The van der Waals surface area contributed by atoms with E-state index >= 15 is 0 Å². The minimum absolute atomic E-state index is 0.0433. The summed E-state index contributed by atoms with van der Waals surface area (Å²) < 4.78 is 0. The summed E-state index contributed by atoms with van der Waals surface area (Å²) in [5, 5.41) is 0. The largest absolute Gasteiger partial charge is 0.300 e. The Bertz CT molecular complexity index is 319. The number of Topliss-reactive ketones (excluding diaryl/α,β-unsaturated/α-hetero) is 1. The van der Waals surface area contributed by atoms with E-state index in [1.807, 2.05) is 18.2 Å². The first-order valence-electron chi connectivity index (χ1n) is 5.45. The van der Waals surface area contributed by atoms with E-state index < -0.39 is 0 Å². The Morgan fingerprint density at radius 1 is 1.20 bits per heavy atom. The molecular weight excluding hydrogens is 184 g/mol. The molecular formula is C14H20O. The second kappa shape index (κ2) is 4.61. The summed E-state index contributed by atoms with van der Waals surface area (Å²) in [6, 6.07) is 10.2. The predicted molar refractivity (Wildman–Crippen MR) is 63.8 cm³/mol. The third kappa shape index (κ3) is 3.50. The van der Waals surface area contributed by atoms with Gasteiger partial charge in [0.1, 0.15) is 5.78 Å². The first kappa shape index (κ1) is 12.0. The molecule has 0 amide bonds. The summed E-state index contributed by atoms with van der Waals surface area (Å²) in [4.78, 5) is 11.6. The molecule has 1 aromatic carbocycles. The topological polar surface area (TPSA) is 17.1 Å². The van der Waals surface area contributed by atoms with Crippen molar-refractivity contribution in [2.75, 3.05) is 0 Å². The van der Waals surface area contributed by atoms with Crippen molar-refractivity contribution in [3.8, 4) is 0 Å². The van der Waals surface area contributed by atoms with Crippen LogP contribution in [0.3, 0.4) is 0 Å². The highest BCUT2D eigenvalue weighted by atomic mass is 16.1. The molecule has 1 nitrogen and oxygen atoms in total. The van der Waals surface area contributed by atoms with Gasteiger partial charge in [0.25, 0.3) is 0 Å². The molecule has 0 unspecified atom stereocenters. The number of carbonyl (C=O) groups excluding carboxylic acids is 1. The molecule has 0 N–H and O–H groups in total. The van der Waals surface area contributed by atoms with Crippen LogP contribution >= 0.6 is 0 Å². The number of hydrogen-bond acceptors (Lipinski definition) is 1. The van der Waals surface area contributed by atoms with Crippen molar-refractivity contribution < 1.29 is 4.79 Å². The van der Waals surface area contributed by atoms with Crippen molar-refractivity contribution in [2.45, 2.75) is 34.1 Å². The summed E-state index contributed by atoms with van der Waals surface area (Å²) in [5.74, 6) is 0.395. The molecule has 0 radical (unpaired) electrons. The molecule has 0 aliphatic heterocycles. The highest BCUT2D eigenvalue weighted by Gasteiger charge is 2.28. The van der Waals surface area contributed by atoms with Gasteiger partial charge in [-0.3, -0.25) is 4.79 Å². The molecule has 0 aliphatic rings. The van der Waals surface area contributed by atoms with Gasteiger partial charge in [0.05, 0.1) is 0 Å². The van der Waals surface area contributed by atoms with Gasteiger partial charge in [0.15, 0.2) is 0 Å². The minimum Gasteiger partial charge on any atom is -0.300 e. The third-order valence-electron chi connectivity index (χ3n) is 2.82. The van der Waals surface area contributed by atoms with E-state index in [-0.39, 0.29) is 17.1 Å². The van der Waals surface area contributed by atoms with E-state index in [0.29, 0.717) is 0 Å². The fraction of sp³-hybridized carbons (Fsp3) is 0.500. The summed E-state index contributed by atoms with van der Waals surface area (Å²) >= 11 is 0. The first-order valence-corrected chi connectivity index (χ1v) is 5.45. The lowest BCUT2D eigenvalue weighted by Gasteiger charge is -2.28. The normalized spacial score (nSPS) is 13.6. The molecule has 0 saturated heterocycles. The second-order valence-corrected chi connectivity index (χ2v) is 5.22. The van der Waals surface area contributed by atoms with Crippen molar-refractivity contribution in [2.24, 2.45) is 11.3 Å². The maximum Gasteiger partial charge on any atom is 0.133 e. The molecule has 0 aliphatic carbocycles. The Labute approximate surface area is 92.5 Å². The molecule has 0 saturated carbocycles. The Morgan fingerprint density at radius 3 is 2.13 bits per heavy atom. The van der Waals surface area contributed by atoms with E-state index in [1.165, 1.54) is 5.56 Å². The van der Waals surface area contributed by atoms with Crippen LogP contribution in [0, 0.1) is 11.3 Å². The van der Waals surface area contributed by atoms with E-state index in [9.17, 15) is 4.79 Å². The third-order valence-corrected chi connectivity index (χ3v) is 2.82. The molecule has 1 heteroatoms. The van der Waals surface area contributed by atoms with Crippen LogP contribution < -0.4 is 0 Å². The molecule has 15 heavy (non-hydrogen) atoms. The minimum atomic E-state index is 0.0433. The van der Waals surface area contributed by atoms with Crippen LogP contribution in [-0.2, 0) is 11.2 Å². The Kier molecular flexibility index (Phi) is 3.67. The van der Waals surface area contributed by atoms with Crippen LogP contribution in [0.25, 0.3) is 0 Å². The van der Waals surface area contributed by atoms with Gasteiger partial charge in [0, 0.05) is 5.92 Å². The van der Waals surface area contributed by atoms with Crippen LogP contribution in [0.15, 0.2) is 30.3 Å². The lowest BCUT2D eigenvalue weighted by Crippen LogP contribution is -2.28. The average molecular weight is 204 g/mol. The fourth-order valence-corrected chi connectivity index (χ4v) is 1.91. The maximum atomic E-state index is 11.6. The van der Waals surface area contributed by atoms with Crippen molar-refractivity contribution in [1.82, 2.24) is 0 Å². The monoisotopic (exact) mass is 204 g/mol. The molecule has 0 spiro atoms. The Morgan fingerprint density at radius 2 is 1.73 bits per heavy atom. The van der Waals surface area contributed by atoms with Crippen LogP contribution in [0.4, 0.5) is 0 Å². The van der Waals surface area contributed by atoms with Gasteiger partial charge in [-0.2, -0.15) is 0 Å². The molecule has 0 bridgehead atoms. The summed E-state index contributed by atoms with van der Waals surface area (Å²) in [6.45, 7) is 8.07. The number of carbonyl (C=O) groups is 1. The first-order chi connectivity index (χ1) is 6.91. The number of ketones is 1. The van der Waals surface area contributed by atoms with Crippen LogP contribution in [0.1, 0.15) is 33.3 Å². The summed E-state index contributed by atoms with van der Waals surface area (Å²) in [5.41, 5.74) is 1.29. The number of hydrogen-bond donors (Lipinski definition) is 0. The Hall–Kier alpha value is -1.11. The maximum absolute atomic E-state index is 11.6. The summed E-state index contributed by atoms with van der Waals surface area (Å²) in [6.07, 6.45) is 0.847. The lowest BCUT2D eigenvalue weighted by molar-refractivity contribution is -0.123. The predicted octanol–water partition coefficient (Wildman–Crippen LogP) is 3.48. The highest BCUT2D eigenvalue weighted by Crippen LogP contribution is 2.29. The molecule has 0 aromatic heterocycles. The van der Waals surface area contributed by atoms with Crippen molar-refractivity contribution >= 4 is 5.78 Å². The molecule has 1 atom stereocenters. The van der Waals surface area contributed by atoms with Gasteiger partial charge in [-0.15, -0.1) is 0 Å². The summed E-state index contributed by atoms with van der Waals surface area (Å²) in [7, 11) is 0. The second-order valence-electron chi connectivity index (χ2n) is 5.22. The van der Waals surface area contributed by atoms with Crippen molar-refractivity contribution in [3.05, 3.63) is 35.9 Å². The SMILES string of the molecule is CC(=O)[C@H](Cc1ccccc1)C(C)(C)C. The zero-order valence-electron chi connectivity index (χ0n) is 10.1. The van der Waals surface area contributed by atoms with Gasteiger partial charge in [-0.1, -0.05) is 51.1 Å². The zero-order chi connectivity index (χ0) is 11.5. The Balaban J connectivity index is 2.82. The van der Waals surface area contributed by atoms with E-state index in [0.717, 1.165) is 6.42 Å². The zero-order valence-corrected chi connectivity index (χ0v) is 10.1. The van der Waals surface area contributed by atoms with Crippen LogP contribution in [-0.4, -0.2) is 5.78 Å². The molecule has 0 fully saturated rings. The van der Waals surface area contributed by atoms with Crippen molar-refractivity contribution in [3.63, 3.8) is 0 Å². The quantitative estimate of drug-likeness (QED) is 0.736. The van der Waals surface area contributed by atoms with E-state index in [1.54, 1.807) is 6.92 Å². The number of rotatable bonds is 3. The average Bonchev–Trinajstić information content (AvgIpc) is 2.13. The molecule has 1 rings (SSSR count). The molecule has 0 heterocycles. The fourth-order valence-electron chi connectivity index (χ4n) is 1.91. The van der Waals surface area contributed by atoms with Gasteiger partial charge in [-0.05, 0) is 24.3 Å². The van der Waals surface area contributed by atoms with Gasteiger partial charge < -0.3 is 0 Å². The van der Waals surface area contributed by atoms with E-state index in [2.05, 4.69) is 32.9 Å². The highest BCUT2D eigenvalue weighted by molar-refractivity contribution is 5.79. The van der Waals surface area contributed by atoms with Gasteiger partial charge in [0.2, 0.25) is 0 Å². The standard InChI is InChI=1S/C14H20O/c1-11(15)13(14(2,3)4)10-12-8-6-5-7-9-12/h5-9,13H,10H2,1-4H3/t13-/m0/s1.